The fourth-order valence-electron chi connectivity index (χ4n) is 2.98. The van der Waals surface area contributed by atoms with Crippen LogP contribution in [0.3, 0.4) is 0 Å². The Balaban J connectivity index is 2.07. The maximum atomic E-state index is 12.5. The van der Waals surface area contributed by atoms with Crippen molar-refractivity contribution in [3.05, 3.63) is 29.8 Å². The van der Waals surface area contributed by atoms with Gasteiger partial charge < -0.3 is 15.1 Å². The molecule has 1 saturated carbocycles. The van der Waals surface area contributed by atoms with Crippen LogP contribution in [0.4, 0.5) is 0 Å². The summed E-state index contributed by atoms with van der Waals surface area (Å²) in [7, 11) is 1.66. The number of amides is 1. The average molecular weight is 291 g/mol. The smallest absolute Gasteiger partial charge is 0.307 e. The number of phenolic OH excluding ortho intramolecular Hbond substituents is 1. The molecule has 0 aliphatic heterocycles. The fourth-order valence-corrected chi connectivity index (χ4v) is 2.98. The summed E-state index contributed by atoms with van der Waals surface area (Å²) in [6, 6.07) is 6.86. The Morgan fingerprint density at radius 1 is 1.19 bits per heavy atom. The van der Waals surface area contributed by atoms with Gasteiger partial charge in [0.25, 0.3) is 0 Å². The van der Waals surface area contributed by atoms with E-state index in [-0.39, 0.29) is 18.2 Å². The van der Waals surface area contributed by atoms with Crippen LogP contribution < -0.4 is 0 Å². The lowest BCUT2D eigenvalue weighted by atomic mass is 9.78. The first kappa shape index (κ1) is 15.4. The second-order valence-corrected chi connectivity index (χ2v) is 5.66. The van der Waals surface area contributed by atoms with Gasteiger partial charge >= 0.3 is 5.97 Å². The highest BCUT2D eigenvalue weighted by atomic mass is 16.4. The van der Waals surface area contributed by atoms with Gasteiger partial charge in [0.2, 0.25) is 5.91 Å². The number of para-hydroxylation sites is 1. The van der Waals surface area contributed by atoms with E-state index in [1.807, 2.05) is 0 Å². The van der Waals surface area contributed by atoms with E-state index in [0.717, 1.165) is 12.8 Å². The van der Waals surface area contributed by atoms with Crippen LogP contribution in [0.25, 0.3) is 0 Å². The van der Waals surface area contributed by atoms with Crippen molar-refractivity contribution in [2.24, 2.45) is 11.8 Å². The van der Waals surface area contributed by atoms with Gasteiger partial charge in [0.1, 0.15) is 5.75 Å². The Bertz CT molecular complexity index is 529. The molecule has 0 spiro atoms. The molecule has 114 valence electrons. The molecule has 2 N–H and O–H groups in total. The molecule has 2 atom stereocenters. The summed E-state index contributed by atoms with van der Waals surface area (Å²) >= 11 is 0. The van der Waals surface area contributed by atoms with Crippen LogP contribution in [0.2, 0.25) is 0 Å². The van der Waals surface area contributed by atoms with Crippen molar-refractivity contribution in [3.8, 4) is 5.75 Å². The summed E-state index contributed by atoms with van der Waals surface area (Å²) in [6.45, 7) is 0.286. The van der Waals surface area contributed by atoms with E-state index in [0.29, 0.717) is 18.4 Å². The van der Waals surface area contributed by atoms with Crippen molar-refractivity contribution in [1.82, 2.24) is 4.90 Å². The fraction of sp³-hybridized carbons (Fsp3) is 0.500. The summed E-state index contributed by atoms with van der Waals surface area (Å²) in [4.78, 5) is 25.3. The summed E-state index contributed by atoms with van der Waals surface area (Å²) in [5, 5.41) is 19.0. The van der Waals surface area contributed by atoms with Crippen molar-refractivity contribution in [2.45, 2.75) is 32.2 Å². The number of carboxylic acids is 1. The second-order valence-electron chi connectivity index (χ2n) is 5.66. The minimum atomic E-state index is -0.885. The van der Waals surface area contributed by atoms with Gasteiger partial charge in [-0.2, -0.15) is 0 Å². The number of nitrogens with zero attached hydrogens (tertiary/aromatic N) is 1. The molecule has 1 fully saturated rings. The molecule has 0 saturated heterocycles. The van der Waals surface area contributed by atoms with Gasteiger partial charge in [-0.05, 0) is 18.9 Å². The molecule has 2 rings (SSSR count). The highest BCUT2D eigenvalue weighted by Crippen LogP contribution is 2.32. The van der Waals surface area contributed by atoms with E-state index in [2.05, 4.69) is 0 Å². The molecule has 5 heteroatoms. The Morgan fingerprint density at radius 2 is 1.81 bits per heavy atom. The maximum Gasteiger partial charge on any atom is 0.307 e. The van der Waals surface area contributed by atoms with E-state index in [1.165, 1.54) is 4.90 Å². The lowest BCUT2D eigenvalue weighted by Crippen LogP contribution is -2.40. The van der Waals surface area contributed by atoms with Crippen LogP contribution >= 0.6 is 0 Å². The highest BCUT2D eigenvalue weighted by Gasteiger charge is 2.37. The molecule has 0 radical (unpaired) electrons. The SMILES string of the molecule is CN(Cc1ccccc1O)C(=O)[C@@H]1CCCC[C@@H]1C(=O)O. The van der Waals surface area contributed by atoms with Gasteiger partial charge in [0.15, 0.2) is 0 Å². The number of hydrogen-bond donors (Lipinski definition) is 2. The van der Waals surface area contributed by atoms with Crippen LogP contribution in [-0.2, 0) is 16.1 Å². The Hall–Kier alpha value is -2.04. The molecule has 1 amide bonds. The number of hydrogen-bond acceptors (Lipinski definition) is 3. The Morgan fingerprint density at radius 3 is 2.43 bits per heavy atom. The number of rotatable bonds is 4. The zero-order chi connectivity index (χ0) is 15.4. The topological polar surface area (TPSA) is 77.8 Å². The quantitative estimate of drug-likeness (QED) is 0.892. The number of carbonyl (C=O) groups is 2. The molecular formula is C16H21NO4. The van der Waals surface area contributed by atoms with E-state index in [4.69, 9.17) is 0 Å². The van der Waals surface area contributed by atoms with Crippen molar-refractivity contribution in [1.29, 1.82) is 0 Å². The first-order valence-corrected chi connectivity index (χ1v) is 7.25. The average Bonchev–Trinajstić information content (AvgIpc) is 2.48. The number of carboxylic acid groups (broad SMARTS) is 1. The summed E-state index contributed by atoms with van der Waals surface area (Å²) in [5.41, 5.74) is 0.663. The lowest BCUT2D eigenvalue weighted by Gasteiger charge is -2.31. The zero-order valence-electron chi connectivity index (χ0n) is 12.2. The molecule has 5 nitrogen and oxygen atoms in total. The third kappa shape index (κ3) is 3.54. The molecule has 0 unspecified atom stereocenters. The minimum Gasteiger partial charge on any atom is -0.508 e. The van der Waals surface area contributed by atoms with Gasteiger partial charge in [0, 0.05) is 19.2 Å². The van der Waals surface area contributed by atoms with Crippen LogP contribution in [-0.4, -0.2) is 34.0 Å². The van der Waals surface area contributed by atoms with Gasteiger partial charge in [-0.3, -0.25) is 9.59 Å². The predicted octanol–water partition coefficient (Wildman–Crippen LogP) is 2.24. The molecule has 1 aromatic carbocycles. The molecule has 0 aromatic heterocycles. The number of phenols is 1. The van der Waals surface area contributed by atoms with Crippen LogP contribution in [0.1, 0.15) is 31.2 Å². The third-order valence-corrected chi connectivity index (χ3v) is 4.18. The van der Waals surface area contributed by atoms with Crippen molar-refractivity contribution < 1.29 is 19.8 Å². The van der Waals surface area contributed by atoms with E-state index >= 15 is 0 Å². The lowest BCUT2D eigenvalue weighted by molar-refractivity contribution is -0.152. The molecule has 21 heavy (non-hydrogen) atoms. The molecule has 0 bridgehead atoms. The maximum absolute atomic E-state index is 12.5. The molecule has 1 aromatic rings. The normalized spacial score (nSPS) is 21.8. The second kappa shape index (κ2) is 6.61. The number of carbonyl (C=O) groups excluding carboxylic acids is 1. The molecule has 0 heterocycles. The number of aliphatic carboxylic acids is 1. The zero-order valence-corrected chi connectivity index (χ0v) is 12.2. The monoisotopic (exact) mass is 291 g/mol. The first-order valence-electron chi connectivity index (χ1n) is 7.25. The first-order chi connectivity index (χ1) is 10.0. The molecular weight excluding hydrogens is 270 g/mol. The van der Waals surface area contributed by atoms with Crippen molar-refractivity contribution in [2.75, 3.05) is 7.05 Å². The van der Waals surface area contributed by atoms with Crippen LogP contribution in [0.15, 0.2) is 24.3 Å². The van der Waals surface area contributed by atoms with E-state index in [9.17, 15) is 19.8 Å². The van der Waals surface area contributed by atoms with Gasteiger partial charge in [-0.1, -0.05) is 31.0 Å². The largest absolute Gasteiger partial charge is 0.508 e. The van der Waals surface area contributed by atoms with Crippen LogP contribution in [0, 0.1) is 11.8 Å². The third-order valence-electron chi connectivity index (χ3n) is 4.18. The summed E-state index contributed by atoms with van der Waals surface area (Å²) < 4.78 is 0. The van der Waals surface area contributed by atoms with E-state index in [1.54, 1.807) is 31.3 Å². The van der Waals surface area contributed by atoms with E-state index < -0.39 is 17.8 Å². The van der Waals surface area contributed by atoms with Gasteiger partial charge in [0.05, 0.1) is 11.8 Å². The van der Waals surface area contributed by atoms with Crippen molar-refractivity contribution in [3.63, 3.8) is 0 Å². The Labute approximate surface area is 124 Å². The molecule has 1 aliphatic carbocycles. The predicted molar refractivity (Wildman–Crippen MR) is 77.7 cm³/mol. The summed E-state index contributed by atoms with van der Waals surface area (Å²) in [6.07, 6.45) is 2.95. The number of benzene rings is 1. The van der Waals surface area contributed by atoms with Crippen molar-refractivity contribution >= 4 is 11.9 Å². The highest BCUT2D eigenvalue weighted by molar-refractivity contribution is 5.84. The number of aromatic hydroxyl groups is 1. The molecule has 1 aliphatic rings. The summed E-state index contributed by atoms with van der Waals surface area (Å²) in [5.74, 6) is -1.92. The standard InChI is InChI=1S/C16H21NO4/c1-17(10-11-6-2-5-9-14(11)18)15(19)12-7-3-4-8-13(12)16(20)21/h2,5-6,9,12-13,18H,3-4,7-8,10H2,1H3,(H,20,21)/t12-,13+/m1/s1. The van der Waals surface area contributed by atoms with Crippen LogP contribution in [0.5, 0.6) is 5.75 Å². The van der Waals surface area contributed by atoms with Gasteiger partial charge in [-0.15, -0.1) is 0 Å². The minimum absolute atomic E-state index is 0.148. The Kier molecular flexibility index (Phi) is 4.83. The van der Waals surface area contributed by atoms with Gasteiger partial charge in [-0.25, -0.2) is 0 Å².